The Bertz CT molecular complexity index is 420. The van der Waals surface area contributed by atoms with E-state index >= 15 is 0 Å². The van der Waals surface area contributed by atoms with Crippen molar-refractivity contribution in [3.63, 3.8) is 0 Å². The largest absolute Gasteiger partial charge is 0.508 e. The number of benzene rings is 1. The fourth-order valence-corrected chi connectivity index (χ4v) is 2.73. The lowest BCUT2D eigenvalue weighted by Crippen LogP contribution is -2.20. The number of rotatable bonds is 3. The summed E-state index contributed by atoms with van der Waals surface area (Å²) in [5.41, 5.74) is 7.89. The number of likely N-dealkylation sites (tertiary alicyclic amines) is 1. The van der Waals surface area contributed by atoms with Crippen LogP contribution in [0.15, 0.2) is 18.2 Å². The minimum atomic E-state index is 0.276. The quantitative estimate of drug-likeness (QED) is 0.850. The molecule has 0 aliphatic carbocycles. The molecule has 4 nitrogen and oxygen atoms in total. The lowest BCUT2D eigenvalue weighted by Gasteiger charge is -2.22. The molecule has 1 heterocycles. The average molecular weight is 249 g/mol. The highest BCUT2D eigenvalue weighted by Crippen LogP contribution is 2.39. The van der Waals surface area contributed by atoms with Gasteiger partial charge in [-0.25, -0.2) is 0 Å². The van der Waals surface area contributed by atoms with Crippen molar-refractivity contribution in [2.24, 2.45) is 11.7 Å². The molecule has 0 spiro atoms. The van der Waals surface area contributed by atoms with Crippen molar-refractivity contribution in [3.8, 4) is 5.75 Å². The first-order chi connectivity index (χ1) is 8.52. The summed E-state index contributed by atoms with van der Waals surface area (Å²) in [6, 6.07) is 6.08. The smallest absolute Gasteiger partial charge is 0.120 e. The monoisotopic (exact) mass is 249 g/mol. The topological polar surface area (TPSA) is 52.7 Å². The van der Waals surface area contributed by atoms with Gasteiger partial charge in [0.15, 0.2) is 0 Å². The summed E-state index contributed by atoms with van der Waals surface area (Å²) >= 11 is 0. The summed E-state index contributed by atoms with van der Waals surface area (Å²) in [5.74, 6) is 0.914. The standard InChI is InChI=1S/C14H23N3O/c1-16(2)11-4-5-14(18)12(7-11)13-6-10(8-15)9-17(13)3/h4-5,7,10,13,18H,6,8-9,15H2,1-3H3. The maximum atomic E-state index is 10.1. The van der Waals surface area contributed by atoms with Crippen LogP contribution in [0.3, 0.4) is 0 Å². The Morgan fingerprint density at radius 1 is 1.44 bits per heavy atom. The second-order valence-electron chi connectivity index (χ2n) is 5.43. The Morgan fingerprint density at radius 2 is 2.17 bits per heavy atom. The van der Waals surface area contributed by atoms with Crippen LogP contribution in [0.25, 0.3) is 0 Å². The van der Waals surface area contributed by atoms with Crippen molar-refractivity contribution in [1.29, 1.82) is 0 Å². The zero-order valence-corrected chi connectivity index (χ0v) is 11.4. The molecule has 1 fully saturated rings. The molecule has 1 aromatic rings. The van der Waals surface area contributed by atoms with Crippen molar-refractivity contribution in [2.75, 3.05) is 39.1 Å². The minimum absolute atomic E-state index is 0.276. The van der Waals surface area contributed by atoms with Crippen LogP contribution in [0, 0.1) is 5.92 Å². The molecule has 1 aromatic carbocycles. The summed E-state index contributed by atoms with van der Waals surface area (Å²) in [6.07, 6.45) is 1.03. The molecule has 1 aliphatic rings. The van der Waals surface area contributed by atoms with Crippen LogP contribution in [0.4, 0.5) is 5.69 Å². The van der Waals surface area contributed by atoms with E-state index in [2.05, 4.69) is 22.9 Å². The van der Waals surface area contributed by atoms with Crippen LogP contribution in [0.5, 0.6) is 5.75 Å². The normalized spacial score (nSPS) is 24.4. The van der Waals surface area contributed by atoms with Gasteiger partial charge in [0.2, 0.25) is 0 Å². The first-order valence-electron chi connectivity index (χ1n) is 6.43. The van der Waals surface area contributed by atoms with Gasteiger partial charge in [0.05, 0.1) is 0 Å². The third kappa shape index (κ3) is 2.44. The highest BCUT2D eigenvalue weighted by Gasteiger charge is 2.31. The van der Waals surface area contributed by atoms with E-state index in [9.17, 15) is 5.11 Å². The van der Waals surface area contributed by atoms with Crippen molar-refractivity contribution in [3.05, 3.63) is 23.8 Å². The van der Waals surface area contributed by atoms with E-state index in [1.165, 1.54) is 0 Å². The fraction of sp³-hybridized carbons (Fsp3) is 0.571. The van der Waals surface area contributed by atoms with Gasteiger partial charge < -0.3 is 15.7 Å². The Labute approximate surface area is 109 Å². The third-order valence-corrected chi connectivity index (χ3v) is 3.85. The van der Waals surface area contributed by atoms with Gasteiger partial charge in [-0.2, -0.15) is 0 Å². The van der Waals surface area contributed by atoms with Gasteiger partial charge in [0.25, 0.3) is 0 Å². The number of hydrogen-bond acceptors (Lipinski definition) is 4. The Balaban J connectivity index is 2.30. The number of nitrogens with two attached hydrogens (primary N) is 1. The van der Waals surface area contributed by atoms with Crippen LogP contribution < -0.4 is 10.6 Å². The molecular weight excluding hydrogens is 226 g/mol. The number of aromatic hydroxyl groups is 1. The van der Waals surface area contributed by atoms with Gasteiger partial charge in [-0.05, 0) is 44.1 Å². The maximum absolute atomic E-state index is 10.1. The molecular formula is C14H23N3O. The van der Waals surface area contributed by atoms with Crippen molar-refractivity contribution in [2.45, 2.75) is 12.5 Å². The Hall–Kier alpha value is -1.26. The molecule has 2 rings (SSSR count). The second kappa shape index (κ2) is 5.16. The van der Waals surface area contributed by atoms with Crippen LogP contribution in [-0.4, -0.2) is 44.2 Å². The number of phenolic OH excluding ortho intramolecular Hbond substituents is 1. The number of phenols is 1. The molecule has 0 saturated carbocycles. The van der Waals surface area contributed by atoms with Gasteiger partial charge >= 0.3 is 0 Å². The summed E-state index contributed by atoms with van der Waals surface area (Å²) in [7, 11) is 6.12. The number of hydrogen-bond donors (Lipinski definition) is 2. The zero-order valence-electron chi connectivity index (χ0n) is 11.4. The number of nitrogens with zero attached hydrogens (tertiary/aromatic N) is 2. The highest BCUT2D eigenvalue weighted by atomic mass is 16.3. The molecule has 0 aromatic heterocycles. The molecule has 0 amide bonds. The van der Waals surface area contributed by atoms with E-state index in [-0.39, 0.29) is 6.04 Å². The van der Waals surface area contributed by atoms with Gasteiger partial charge in [0.1, 0.15) is 5.75 Å². The van der Waals surface area contributed by atoms with E-state index in [1.54, 1.807) is 6.07 Å². The molecule has 2 atom stereocenters. The van der Waals surface area contributed by atoms with Crippen molar-refractivity contribution < 1.29 is 5.11 Å². The average Bonchev–Trinajstić information content (AvgIpc) is 2.71. The minimum Gasteiger partial charge on any atom is -0.508 e. The van der Waals surface area contributed by atoms with E-state index in [4.69, 9.17) is 5.73 Å². The Kier molecular flexibility index (Phi) is 3.78. The zero-order chi connectivity index (χ0) is 13.3. The van der Waals surface area contributed by atoms with Gasteiger partial charge in [-0.3, -0.25) is 4.90 Å². The molecule has 2 unspecified atom stereocenters. The van der Waals surface area contributed by atoms with Gasteiger partial charge in [-0.15, -0.1) is 0 Å². The van der Waals surface area contributed by atoms with Crippen LogP contribution in [0.2, 0.25) is 0 Å². The van der Waals surface area contributed by atoms with E-state index in [0.29, 0.717) is 11.7 Å². The molecule has 1 saturated heterocycles. The molecule has 100 valence electrons. The van der Waals surface area contributed by atoms with Gasteiger partial charge in [0, 0.05) is 37.9 Å². The molecule has 4 heteroatoms. The van der Waals surface area contributed by atoms with E-state index in [1.807, 2.05) is 20.2 Å². The summed E-state index contributed by atoms with van der Waals surface area (Å²) in [4.78, 5) is 4.34. The SMILES string of the molecule is CN(C)c1ccc(O)c(C2CC(CN)CN2C)c1. The van der Waals surface area contributed by atoms with Crippen LogP contribution in [0.1, 0.15) is 18.0 Å². The highest BCUT2D eigenvalue weighted by molar-refractivity contribution is 5.53. The number of anilines is 1. The van der Waals surface area contributed by atoms with E-state index < -0.39 is 0 Å². The first kappa shape index (κ1) is 13.2. The summed E-state index contributed by atoms with van der Waals surface area (Å²) < 4.78 is 0. The lowest BCUT2D eigenvalue weighted by atomic mass is 9.98. The van der Waals surface area contributed by atoms with Crippen molar-refractivity contribution >= 4 is 5.69 Å². The predicted octanol–water partition coefficient (Wildman–Crippen LogP) is 1.41. The predicted molar refractivity (Wildman–Crippen MR) is 75.0 cm³/mol. The van der Waals surface area contributed by atoms with Crippen LogP contribution >= 0.6 is 0 Å². The molecule has 0 radical (unpaired) electrons. The van der Waals surface area contributed by atoms with Crippen LogP contribution in [-0.2, 0) is 0 Å². The van der Waals surface area contributed by atoms with Crippen molar-refractivity contribution in [1.82, 2.24) is 4.90 Å². The third-order valence-electron chi connectivity index (χ3n) is 3.85. The molecule has 1 aliphatic heterocycles. The molecule has 0 bridgehead atoms. The summed E-state index contributed by atoms with van der Waals surface area (Å²) in [6.45, 7) is 1.72. The summed E-state index contributed by atoms with van der Waals surface area (Å²) in [5, 5.41) is 10.1. The first-order valence-corrected chi connectivity index (χ1v) is 6.43. The molecule has 18 heavy (non-hydrogen) atoms. The van der Waals surface area contributed by atoms with E-state index in [0.717, 1.165) is 30.8 Å². The lowest BCUT2D eigenvalue weighted by molar-refractivity contribution is 0.306. The molecule has 3 N–H and O–H groups in total. The second-order valence-corrected chi connectivity index (χ2v) is 5.43. The van der Waals surface area contributed by atoms with Gasteiger partial charge in [-0.1, -0.05) is 0 Å². The Morgan fingerprint density at radius 3 is 2.72 bits per heavy atom. The maximum Gasteiger partial charge on any atom is 0.120 e. The fourth-order valence-electron chi connectivity index (χ4n) is 2.73.